The van der Waals surface area contributed by atoms with E-state index in [1.165, 1.54) is 0 Å². The molecule has 44 heavy (non-hydrogen) atoms. The maximum absolute atomic E-state index is 5.92. The van der Waals surface area contributed by atoms with Gasteiger partial charge in [0.05, 0.1) is 34.5 Å². The van der Waals surface area contributed by atoms with Gasteiger partial charge in [-0.3, -0.25) is 14.6 Å². The van der Waals surface area contributed by atoms with Crippen molar-refractivity contribution in [3.05, 3.63) is 59.7 Å². The maximum atomic E-state index is 5.92. The molecule has 228 valence electrons. The first-order chi connectivity index (χ1) is 21.3. The Morgan fingerprint density at radius 1 is 0.932 bits per heavy atom. The number of anilines is 5. The van der Waals surface area contributed by atoms with Crippen molar-refractivity contribution in [3.8, 4) is 16.9 Å². The third-order valence-corrected chi connectivity index (χ3v) is 9.63. The molecule has 11 nitrogen and oxygen atoms in total. The van der Waals surface area contributed by atoms with Crippen LogP contribution in [0, 0.1) is 0 Å². The Labute approximate surface area is 267 Å². The van der Waals surface area contributed by atoms with Gasteiger partial charge in [-0.2, -0.15) is 10.1 Å². The number of aryl methyl sites for hydroxylation is 1. The van der Waals surface area contributed by atoms with Gasteiger partial charge < -0.3 is 25.2 Å². The van der Waals surface area contributed by atoms with E-state index in [2.05, 4.69) is 88.9 Å². The molecule has 6 rings (SSSR count). The minimum Gasteiger partial charge on any atom is -0.494 e. The Balaban J connectivity index is 1.36. The predicted octanol–water partition coefficient (Wildman–Crippen LogP) is 5.59. The molecule has 4 heterocycles. The summed E-state index contributed by atoms with van der Waals surface area (Å²) in [5.74, 6) is 1.79. The number of hydrogen-bond acceptors (Lipinski definition) is 10. The Morgan fingerprint density at radius 2 is 1.77 bits per heavy atom. The number of nitrogens with one attached hydrogen (secondary N) is 2. The molecule has 1 aliphatic heterocycles. The fourth-order valence-corrected chi connectivity index (χ4v) is 7.01. The van der Waals surface area contributed by atoms with Gasteiger partial charge in [-0.1, -0.05) is 7.92 Å². The van der Waals surface area contributed by atoms with Crippen molar-refractivity contribution in [1.29, 1.82) is 0 Å². The summed E-state index contributed by atoms with van der Waals surface area (Å²) in [5, 5.41) is 12.6. The molecule has 0 bridgehead atoms. The van der Waals surface area contributed by atoms with Gasteiger partial charge >= 0.3 is 0 Å². The smallest absolute Gasteiger partial charge is 0.229 e. The molecule has 0 amide bonds. The monoisotopic (exact) mass is 674 g/mol. The van der Waals surface area contributed by atoms with Crippen LogP contribution >= 0.6 is 23.9 Å². The van der Waals surface area contributed by atoms with E-state index < -0.39 is 7.92 Å². The van der Waals surface area contributed by atoms with Crippen molar-refractivity contribution >= 4 is 69.0 Å². The quantitative estimate of drug-likeness (QED) is 0.202. The van der Waals surface area contributed by atoms with Gasteiger partial charge in [0, 0.05) is 85.3 Å². The highest BCUT2D eigenvalue weighted by molar-refractivity contribution is 9.10. The van der Waals surface area contributed by atoms with Crippen LogP contribution in [0.4, 0.5) is 28.8 Å². The number of fused-ring (bicyclic) bond motifs is 1. The first kappa shape index (κ1) is 30.2. The van der Waals surface area contributed by atoms with Crippen molar-refractivity contribution < 1.29 is 4.74 Å². The van der Waals surface area contributed by atoms with E-state index in [9.17, 15) is 0 Å². The minimum absolute atomic E-state index is 0.438. The number of benzene rings is 2. The van der Waals surface area contributed by atoms with E-state index in [0.717, 1.165) is 81.6 Å². The fraction of sp³-hybridized carbons (Fsp3) is 0.323. The number of nitrogens with zero attached hydrogens (tertiary/aromatic N) is 8. The normalized spacial score (nSPS) is 14.2. The van der Waals surface area contributed by atoms with Gasteiger partial charge in [0.25, 0.3) is 0 Å². The maximum Gasteiger partial charge on any atom is 0.229 e. The molecule has 1 aliphatic rings. The largest absolute Gasteiger partial charge is 0.494 e. The van der Waals surface area contributed by atoms with Gasteiger partial charge in [-0.05, 0) is 67.5 Å². The second-order valence-electron chi connectivity index (χ2n) is 11.0. The molecule has 1 saturated heterocycles. The van der Waals surface area contributed by atoms with Crippen molar-refractivity contribution in [2.24, 2.45) is 7.05 Å². The molecule has 3 aromatic heterocycles. The molecule has 2 N–H and O–H groups in total. The summed E-state index contributed by atoms with van der Waals surface area (Å²) < 4.78 is 8.49. The van der Waals surface area contributed by atoms with E-state index in [1.807, 2.05) is 36.3 Å². The first-order valence-corrected chi connectivity index (χ1v) is 17.5. The Kier molecular flexibility index (Phi) is 8.93. The Hall–Kier alpha value is -3.86. The van der Waals surface area contributed by atoms with Gasteiger partial charge in [0.15, 0.2) is 0 Å². The van der Waals surface area contributed by atoms with Crippen LogP contribution in [0.25, 0.3) is 22.2 Å². The lowest BCUT2D eigenvalue weighted by atomic mass is 10.0. The van der Waals surface area contributed by atoms with E-state index in [4.69, 9.17) is 9.72 Å². The van der Waals surface area contributed by atoms with E-state index >= 15 is 0 Å². The van der Waals surface area contributed by atoms with Crippen LogP contribution in [0.2, 0.25) is 0 Å². The van der Waals surface area contributed by atoms with Gasteiger partial charge in [0.2, 0.25) is 5.95 Å². The second kappa shape index (κ2) is 13.0. The van der Waals surface area contributed by atoms with Crippen LogP contribution in [0.1, 0.15) is 6.42 Å². The third kappa shape index (κ3) is 6.33. The number of likely N-dealkylation sites (N-methyl/N-ethyl adjacent to an activating group) is 1. The highest BCUT2D eigenvalue weighted by Crippen LogP contribution is 2.41. The number of aromatic nitrogens is 6. The van der Waals surface area contributed by atoms with Crippen molar-refractivity contribution in [3.63, 3.8) is 0 Å². The molecule has 0 atom stereocenters. The summed E-state index contributed by atoms with van der Waals surface area (Å²) >= 11 is 3.64. The summed E-state index contributed by atoms with van der Waals surface area (Å²) in [7, 11) is 5.32. The lowest BCUT2D eigenvalue weighted by Gasteiger charge is -2.27. The zero-order chi connectivity index (χ0) is 30.8. The fourth-order valence-electron chi connectivity index (χ4n) is 5.51. The summed E-state index contributed by atoms with van der Waals surface area (Å²) in [6.45, 7) is 8.42. The molecular formula is C31H36BrN10OP. The molecule has 0 unspecified atom stereocenters. The summed E-state index contributed by atoms with van der Waals surface area (Å²) in [5.41, 5.74) is 6.72. The van der Waals surface area contributed by atoms with E-state index in [1.54, 1.807) is 25.7 Å². The molecule has 5 aromatic rings. The summed E-state index contributed by atoms with van der Waals surface area (Å²) in [4.78, 5) is 23.4. The molecule has 13 heteroatoms. The second-order valence-corrected chi connectivity index (χ2v) is 14.1. The van der Waals surface area contributed by atoms with Crippen LogP contribution in [-0.2, 0) is 7.05 Å². The molecule has 1 fully saturated rings. The average Bonchev–Trinajstić information content (AvgIpc) is 3.34. The van der Waals surface area contributed by atoms with Crippen LogP contribution in [-0.4, -0.2) is 88.3 Å². The zero-order valence-electron chi connectivity index (χ0n) is 25.5. The molecule has 0 saturated carbocycles. The van der Waals surface area contributed by atoms with Crippen molar-refractivity contribution in [2.75, 3.05) is 69.2 Å². The molecule has 2 aromatic carbocycles. The number of rotatable bonds is 8. The first-order valence-electron chi connectivity index (χ1n) is 14.4. The Morgan fingerprint density at radius 3 is 2.55 bits per heavy atom. The standard InChI is InChI=1S/C31H36BrN10OP/c1-40-11-6-12-42(14-13-40)26-16-27(43-3)25(15-21(26)20-17-36-41(2)19-20)38-31-35-18-22(32)30(39-31)37-24-8-7-23-28(29(24)44(4)5)34-10-9-33-23/h7-10,15-19H,6,11-14H2,1-5H3,(H2,35,37,38,39). The van der Waals surface area contributed by atoms with Crippen LogP contribution in [0.5, 0.6) is 5.75 Å². The number of halogens is 1. The lowest BCUT2D eigenvalue weighted by Crippen LogP contribution is -2.29. The number of methoxy groups -OCH3 is 1. The minimum atomic E-state index is -0.483. The third-order valence-electron chi connectivity index (χ3n) is 7.70. The highest BCUT2D eigenvalue weighted by atomic mass is 79.9. The van der Waals surface area contributed by atoms with Crippen LogP contribution in [0.3, 0.4) is 0 Å². The summed E-state index contributed by atoms with van der Waals surface area (Å²) in [6, 6.07) is 8.25. The topological polar surface area (TPSA) is 109 Å². The highest BCUT2D eigenvalue weighted by Gasteiger charge is 2.21. The SMILES string of the molecule is COc1cc(N2CCCN(C)CC2)c(-c2cnn(C)c2)cc1Nc1ncc(Br)c(Nc2ccc3nccnc3c2P(C)C)n1. The van der Waals surface area contributed by atoms with Crippen LogP contribution in [0.15, 0.2) is 59.7 Å². The summed E-state index contributed by atoms with van der Waals surface area (Å²) in [6.07, 6.45) is 10.2. The van der Waals surface area contributed by atoms with Crippen molar-refractivity contribution in [2.45, 2.75) is 6.42 Å². The molecule has 0 spiro atoms. The zero-order valence-corrected chi connectivity index (χ0v) is 28.0. The Bertz CT molecular complexity index is 1800. The molecule has 0 aliphatic carbocycles. The number of hydrogen-bond donors (Lipinski definition) is 2. The van der Waals surface area contributed by atoms with Gasteiger partial charge in [0.1, 0.15) is 11.6 Å². The number of ether oxygens (including phenoxy) is 1. The predicted molar refractivity (Wildman–Crippen MR) is 184 cm³/mol. The van der Waals surface area contributed by atoms with Gasteiger partial charge in [-0.15, -0.1) is 0 Å². The van der Waals surface area contributed by atoms with E-state index in [0.29, 0.717) is 17.5 Å². The molecular weight excluding hydrogens is 639 g/mol. The van der Waals surface area contributed by atoms with Crippen LogP contribution < -0.4 is 25.6 Å². The average molecular weight is 676 g/mol. The van der Waals surface area contributed by atoms with Crippen molar-refractivity contribution in [1.82, 2.24) is 34.6 Å². The van der Waals surface area contributed by atoms with E-state index in [-0.39, 0.29) is 0 Å². The van der Waals surface area contributed by atoms with Gasteiger partial charge in [-0.25, -0.2) is 4.98 Å². The lowest BCUT2D eigenvalue weighted by molar-refractivity contribution is 0.360. The molecule has 0 radical (unpaired) electrons.